The molecule has 0 aliphatic heterocycles. The number of nitrogens with zero attached hydrogens (tertiary/aromatic N) is 2. The Kier molecular flexibility index (Phi) is 5.99. The number of benzene rings is 2. The van der Waals surface area contributed by atoms with Gasteiger partial charge in [0.2, 0.25) is 0 Å². The molecule has 4 nitrogen and oxygen atoms in total. The van der Waals surface area contributed by atoms with E-state index in [4.69, 9.17) is 9.84 Å². The number of hydrogen-bond acceptors (Lipinski definition) is 3. The third-order valence-electron chi connectivity index (χ3n) is 4.13. The van der Waals surface area contributed by atoms with Crippen LogP contribution in [0.1, 0.15) is 18.1 Å². The summed E-state index contributed by atoms with van der Waals surface area (Å²) in [5.41, 5.74) is 4.63. The number of methoxy groups -OCH3 is 1. The van der Waals surface area contributed by atoms with Gasteiger partial charge in [-0.3, -0.25) is 4.68 Å². The summed E-state index contributed by atoms with van der Waals surface area (Å²) in [6.45, 7) is 4.36. The van der Waals surface area contributed by atoms with Crippen molar-refractivity contribution >= 4 is 0 Å². The van der Waals surface area contributed by atoms with Crippen LogP contribution in [-0.2, 0) is 17.8 Å². The van der Waals surface area contributed by atoms with E-state index in [9.17, 15) is 0 Å². The van der Waals surface area contributed by atoms with Gasteiger partial charge in [0.05, 0.1) is 18.8 Å². The molecule has 1 heterocycles. The Morgan fingerprint density at radius 2 is 1.72 bits per heavy atom. The van der Waals surface area contributed by atoms with Gasteiger partial charge in [-0.15, -0.1) is 0 Å². The number of hydrogen-bond donors (Lipinski definition) is 1. The second-order valence-corrected chi connectivity index (χ2v) is 6.29. The van der Waals surface area contributed by atoms with Crippen molar-refractivity contribution in [2.75, 3.05) is 13.7 Å². The van der Waals surface area contributed by atoms with Crippen LogP contribution in [0, 0.1) is 0 Å². The van der Waals surface area contributed by atoms with E-state index in [-0.39, 0.29) is 0 Å². The maximum absolute atomic E-state index is 5.21. The van der Waals surface area contributed by atoms with Crippen LogP contribution in [0.25, 0.3) is 11.3 Å². The molecule has 130 valence electrons. The molecule has 0 radical (unpaired) electrons. The predicted molar refractivity (Wildman–Crippen MR) is 101 cm³/mol. The first kappa shape index (κ1) is 17.4. The molecule has 25 heavy (non-hydrogen) atoms. The minimum atomic E-state index is 0.297. The first-order valence-corrected chi connectivity index (χ1v) is 8.64. The van der Waals surface area contributed by atoms with Crippen molar-refractivity contribution in [1.82, 2.24) is 15.1 Å². The maximum Gasteiger partial charge on any atom is 0.0968 e. The lowest BCUT2D eigenvalue weighted by molar-refractivity contribution is 0.171. The largest absolute Gasteiger partial charge is 0.383 e. The maximum atomic E-state index is 5.21. The van der Waals surface area contributed by atoms with Crippen molar-refractivity contribution in [2.45, 2.75) is 26.1 Å². The molecule has 0 fully saturated rings. The second kappa shape index (κ2) is 8.60. The van der Waals surface area contributed by atoms with Crippen LogP contribution >= 0.6 is 0 Å². The van der Waals surface area contributed by atoms with Crippen LogP contribution in [-0.4, -0.2) is 29.5 Å². The Balaban J connectivity index is 1.83. The topological polar surface area (TPSA) is 39.1 Å². The zero-order valence-electron chi connectivity index (χ0n) is 14.9. The summed E-state index contributed by atoms with van der Waals surface area (Å²) in [5, 5.41) is 8.35. The monoisotopic (exact) mass is 335 g/mol. The van der Waals surface area contributed by atoms with Crippen molar-refractivity contribution < 1.29 is 4.74 Å². The average Bonchev–Trinajstić information content (AvgIpc) is 3.04. The van der Waals surface area contributed by atoms with Crippen molar-refractivity contribution in [3.8, 4) is 11.3 Å². The van der Waals surface area contributed by atoms with E-state index in [0.29, 0.717) is 12.6 Å². The standard InChI is InChI=1S/C21H25N3O/c1-17(16-25-2)22-13-20-15-24(14-18-9-5-3-6-10-18)23-21(20)19-11-7-4-8-12-19/h3-12,15,17,22H,13-14,16H2,1-2H3. The Labute approximate surface area is 149 Å². The van der Waals surface area contributed by atoms with Gasteiger partial charge in [0, 0.05) is 37.0 Å². The van der Waals surface area contributed by atoms with Gasteiger partial charge in [-0.25, -0.2) is 0 Å². The molecule has 0 saturated carbocycles. The highest BCUT2D eigenvalue weighted by molar-refractivity contribution is 5.62. The molecule has 0 bridgehead atoms. The van der Waals surface area contributed by atoms with Gasteiger partial charge in [0.25, 0.3) is 0 Å². The molecule has 0 amide bonds. The third kappa shape index (κ3) is 4.78. The number of ether oxygens (including phenoxy) is 1. The predicted octanol–water partition coefficient (Wildman–Crippen LogP) is 3.72. The molecule has 0 aliphatic carbocycles. The molecular formula is C21H25N3O. The highest BCUT2D eigenvalue weighted by Crippen LogP contribution is 2.22. The van der Waals surface area contributed by atoms with E-state index in [0.717, 1.165) is 24.3 Å². The Morgan fingerprint density at radius 3 is 2.40 bits per heavy atom. The molecule has 2 aromatic carbocycles. The lowest BCUT2D eigenvalue weighted by Gasteiger charge is -2.12. The van der Waals surface area contributed by atoms with Crippen LogP contribution in [0.3, 0.4) is 0 Å². The lowest BCUT2D eigenvalue weighted by Crippen LogP contribution is -2.29. The smallest absolute Gasteiger partial charge is 0.0968 e. The lowest BCUT2D eigenvalue weighted by atomic mass is 10.1. The molecule has 4 heteroatoms. The van der Waals surface area contributed by atoms with Gasteiger partial charge in [-0.1, -0.05) is 60.7 Å². The molecular weight excluding hydrogens is 310 g/mol. The Hall–Kier alpha value is -2.43. The molecule has 0 spiro atoms. The van der Waals surface area contributed by atoms with Crippen molar-refractivity contribution in [1.29, 1.82) is 0 Å². The Morgan fingerprint density at radius 1 is 1.04 bits per heavy atom. The summed E-state index contributed by atoms with van der Waals surface area (Å²) in [7, 11) is 1.73. The fraction of sp³-hybridized carbons (Fsp3) is 0.286. The summed E-state index contributed by atoms with van der Waals surface area (Å²) in [5.74, 6) is 0. The summed E-state index contributed by atoms with van der Waals surface area (Å²) in [4.78, 5) is 0. The number of rotatable bonds is 8. The summed E-state index contributed by atoms with van der Waals surface area (Å²) in [6, 6.07) is 21.1. The number of aromatic nitrogens is 2. The zero-order valence-corrected chi connectivity index (χ0v) is 14.9. The van der Waals surface area contributed by atoms with Crippen LogP contribution < -0.4 is 5.32 Å². The van der Waals surface area contributed by atoms with Gasteiger partial charge in [-0.05, 0) is 12.5 Å². The molecule has 1 atom stereocenters. The average molecular weight is 335 g/mol. The molecule has 3 rings (SSSR count). The first-order chi connectivity index (χ1) is 12.3. The van der Waals surface area contributed by atoms with Crippen LogP contribution in [0.15, 0.2) is 66.9 Å². The van der Waals surface area contributed by atoms with E-state index in [1.165, 1.54) is 11.1 Å². The fourth-order valence-electron chi connectivity index (χ4n) is 2.88. The van der Waals surface area contributed by atoms with E-state index in [1.54, 1.807) is 7.11 Å². The highest BCUT2D eigenvalue weighted by Gasteiger charge is 2.12. The van der Waals surface area contributed by atoms with E-state index in [2.05, 4.69) is 67.0 Å². The summed E-state index contributed by atoms with van der Waals surface area (Å²) >= 11 is 0. The third-order valence-corrected chi connectivity index (χ3v) is 4.13. The Bertz CT molecular complexity index is 768. The van der Waals surface area contributed by atoms with Gasteiger partial charge in [-0.2, -0.15) is 5.10 Å². The number of nitrogens with one attached hydrogen (secondary N) is 1. The van der Waals surface area contributed by atoms with Crippen molar-refractivity contribution in [2.24, 2.45) is 0 Å². The molecule has 3 aromatic rings. The molecule has 1 aromatic heterocycles. The van der Waals surface area contributed by atoms with E-state index >= 15 is 0 Å². The van der Waals surface area contributed by atoms with Crippen LogP contribution in [0.2, 0.25) is 0 Å². The molecule has 0 aliphatic rings. The molecule has 0 saturated heterocycles. The van der Waals surface area contributed by atoms with Gasteiger partial charge >= 0.3 is 0 Å². The van der Waals surface area contributed by atoms with Crippen molar-refractivity contribution in [3.05, 3.63) is 78.0 Å². The van der Waals surface area contributed by atoms with Crippen LogP contribution in [0.5, 0.6) is 0 Å². The van der Waals surface area contributed by atoms with Gasteiger partial charge in [0.1, 0.15) is 0 Å². The van der Waals surface area contributed by atoms with Gasteiger partial charge < -0.3 is 10.1 Å². The summed E-state index contributed by atoms with van der Waals surface area (Å²) < 4.78 is 7.23. The second-order valence-electron chi connectivity index (χ2n) is 6.29. The molecule has 1 N–H and O–H groups in total. The van der Waals surface area contributed by atoms with Gasteiger partial charge in [0.15, 0.2) is 0 Å². The minimum absolute atomic E-state index is 0.297. The normalized spacial score (nSPS) is 12.2. The minimum Gasteiger partial charge on any atom is -0.383 e. The SMILES string of the molecule is COCC(C)NCc1cn(Cc2ccccc2)nc1-c1ccccc1. The summed E-state index contributed by atoms with van der Waals surface area (Å²) in [6.07, 6.45) is 2.14. The van der Waals surface area contributed by atoms with E-state index in [1.807, 2.05) is 16.8 Å². The first-order valence-electron chi connectivity index (χ1n) is 8.64. The quantitative estimate of drug-likeness (QED) is 0.682. The zero-order chi connectivity index (χ0) is 17.5. The molecule has 1 unspecified atom stereocenters. The van der Waals surface area contributed by atoms with Crippen LogP contribution in [0.4, 0.5) is 0 Å². The van der Waals surface area contributed by atoms with Crippen molar-refractivity contribution in [3.63, 3.8) is 0 Å². The highest BCUT2D eigenvalue weighted by atomic mass is 16.5. The van der Waals surface area contributed by atoms with E-state index < -0.39 is 0 Å². The fourth-order valence-corrected chi connectivity index (χ4v) is 2.88.